The molecule has 1 heterocycles. The van der Waals surface area contributed by atoms with E-state index in [1.165, 1.54) is 17.2 Å². The van der Waals surface area contributed by atoms with Gasteiger partial charge in [-0.15, -0.1) is 0 Å². The Bertz CT molecular complexity index is 1020. The van der Waals surface area contributed by atoms with Crippen molar-refractivity contribution in [2.75, 3.05) is 26.2 Å². The lowest BCUT2D eigenvalue weighted by molar-refractivity contribution is 0.0628. The second-order valence-corrected chi connectivity index (χ2v) is 10.3. The number of amides is 1. The van der Waals surface area contributed by atoms with Crippen molar-refractivity contribution >= 4 is 15.9 Å². The van der Waals surface area contributed by atoms with Gasteiger partial charge in [-0.1, -0.05) is 43.2 Å². The van der Waals surface area contributed by atoms with E-state index in [9.17, 15) is 13.2 Å². The summed E-state index contributed by atoms with van der Waals surface area (Å²) in [5.41, 5.74) is 3.03. The number of sulfonamides is 1. The number of carbonyl (C=O) groups is 1. The Labute approximate surface area is 185 Å². The molecule has 4 rings (SSSR count). The zero-order chi connectivity index (χ0) is 21.8. The van der Waals surface area contributed by atoms with Crippen molar-refractivity contribution in [1.29, 1.82) is 0 Å². The fourth-order valence-corrected chi connectivity index (χ4v) is 5.80. The van der Waals surface area contributed by atoms with Crippen molar-refractivity contribution in [3.05, 3.63) is 65.2 Å². The molecule has 0 bridgehead atoms. The molecule has 0 unspecified atom stereocenters. The highest BCUT2D eigenvalue weighted by molar-refractivity contribution is 7.89. The molecule has 166 valence electrons. The topological polar surface area (TPSA) is 69.7 Å². The third-order valence-corrected chi connectivity index (χ3v) is 7.90. The van der Waals surface area contributed by atoms with Gasteiger partial charge in [-0.2, -0.15) is 0 Å². The molecule has 1 saturated heterocycles. The van der Waals surface area contributed by atoms with Crippen LogP contribution < -0.4 is 4.72 Å². The van der Waals surface area contributed by atoms with Crippen molar-refractivity contribution in [2.24, 2.45) is 0 Å². The minimum Gasteiger partial charge on any atom is -0.336 e. The van der Waals surface area contributed by atoms with Crippen molar-refractivity contribution in [3.8, 4) is 0 Å². The molecule has 1 amide bonds. The molecule has 2 aromatic carbocycles. The molecule has 0 atom stereocenters. The molecule has 1 N–H and O–H groups in total. The van der Waals surface area contributed by atoms with E-state index in [0.717, 1.165) is 45.3 Å². The van der Waals surface area contributed by atoms with E-state index in [-0.39, 0.29) is 16.8 Å². The number of aryl methyl sites for hydroxylation is 1. The van der Waals surface area contributed by atoms with Crippen LogP contribution >= 0.6 is 0 Å². The lowest BCUT2D eigenvalue weighted by Crippen LogP contribution is -2.48. The van der Waals surface area contributed by atoms with Crippen molar-refractivity contribution in [3.63, 3.8) is 0 Å². The second kappa shape index (κ2) is 9.51. The number of nitrogens with one attached hydrogen (secondary N) is 1. The molecule has 31 heavy (non-hydrogen) atoms. The summed E-state index contributed by atoms with van der Waals surface area (Å²) in [4.78, 5) is 17.4. The van der Waals surface area contributed by atoms with E-state index in [0.29, 0.717) is 18.7 Å². The highest BCUT2D eigenvalue weighted by atomic mass is 32.2. The third kappa shape index (κ3) is 5.34. The van der Waals surface area contributed by atoms with E-state index in [1.807, 2.05) is 11.0 Å². The Morgan fingerprint density at radius 3 is 2.42 bits per heavy atom. The predicted octanol–water partition coefficient (Wildman–Crippen LogP) is 3.17. The van der Waals surface area contributed by atoms with Gasteiger partial charge in [-0.3, -0.25) is 9.69 Å². The summed E-state index contributed by atoms with van der Waals surface area (Å²) in [7, 11) is -3.61. The normalized spacial score (nSPS) is 18.4. The van der Waals surface area contributed by atoms with E-state index in [2.05, 4.69) is 34.7 Å². The first-order chi connectivity index (χ1) is 14.9. The summed E-state index contributed by atoms with van der Waals surface area (Å²) in [6, 6.07) is 14.8. The zero-order valence-electron chi connectivity index (χ0n) is 18.1. The standard InChI is InChI=1S/C24H31N3O3S/c1-19-7-2-3-8-21(19)18-26-13-15-27(16-14-26)24(28)20-9-6-12-23(17-20)31(29,30)25-22-10-4-5-11-22/h2-3,6-9,12,17,22,25H,4-5,10-11,13-16,18H2,1H3. The smallest absolute Gasteiger partial charge is 0.253 e. The van der Waals surface area contributed by atoms with Gasteiger partial charge in [-0.25, -0.2) is 13.1 Å². The van der Waals surface area contributed by atoms with Gasteiger partial charge in [0, 0.05) is 44.3 Å². The van der Waals surface area contributed by atoms with Gasteiger partial charge in [0.25, 0.3) is 5.91 Å². The average Bonchev–Trinajstić information content (AvgIpc) is 3.28. The quantitative estimate of drug-likeness (QED) is 0.748. The van der Waals surface area contributed by atoms with Crippen LogP contribution in [0, 0.1) is 6.92 Å². The van der Waals surface area contributed by atoms with Crippen molar-refractivity contribution in [2.45, 2.75) is 50.1 Å². The van der Waals surface area contributed by atoms with E-state index in [4.69, 9.17) is 0 Å². The lowest BCUT2D eigenvalue weighted by Gasteiger charge is -2.35. The number of rotatable bonds is 6. The Balaban J connectivity index is 1.38. The number of benzene rings is 2. The molecule has 2 aliphatic rings. The number of piperazine rings is 1. The maximum absolute atomic E-state index is 13.0. The monoisotopic (exact) mass is 441 g/mol. The van der Waals surface area contributed by atoms with Crippen molar-refractivity contribution in [1.82, 2.24) is 14.5 Å². The Morgan fingerprint density at radius 2 is 1.71 bits per heavy atom. The predicted molar refractivity (Wildman–Crippen MR) is 121 cm³/mol. The van der Waals surface area contributed by atoms with Crippen LogP contribution in [0.4, 0.5) is 0 Å². The largest absolute Gasteiger partial charge is 0.336 e. The first-order valence-electron chi connectivity index (χ1n) is 11.1. The molecule has 0 aromatic heterocycles. The Morgan fingerprint density at radius 1 is 1.00 bits per heavy atom. The number of nitrogens with zero attached hydrogens (tertiary/aromatic N) is 2. The summed E-state index contributed by atoms with van der Waals surface area (Å²) in [5.74, 6) is -0.103. The highest BCUT2D eigenvalue weighted by Crippen LogP contribution is 2.21. The first-order valence-corrected chi connectivity index (χ1v) is 12.6. The molecule has 2 aromatic rings. The fraction of sp³-hybridized carbons (Fsp3) is 0.458. The molecule has 0 radical (unpaired) electrons. The van der Waals surface area contributed by atoms with Crippen LogP contribution in [-0.2, 0) is 16.6 Å². The summed E-state index contributed by atoms with van der Waals surface area (Å²) in [5, 5.41) is 0. The average molecular weight is 442 g/mol. The van der Waals surface area contributed by atoms with Crippen molar-refractivity contribution < 1.29 is 13.2 Å². The molecule has 0 spiro atoms. The van der Waals surface area contributed by atoms with Gasteiger partial charge in [0.2, 0.25) is 10.0 Å². The van der Waals surface area contributed by atoms with Gasteiger partial charge < -0.3 is 4.90 Å². The minimum absolute atomic E-state index is 0.00527. The first kappa shape index (κ1) is 22.0. The van der Waals surface area contributed by atoms with Crippen LogP contribution in [0.25, 0.3) is 0 Å². The van der Waals surface area contributed by atoms with Gasteiger partial charge in [0.05, 0.1) is 4.90 Å². The van der Waals surface area contributed by atoms with Gasteiger partial charge in [0.1, 0.15) is 0 Å². The van der Waals surface area contributed by atoms with Crippen LogP contribution in [0.5, 0.6) is 0 Å². The minimum atomic E-state index is -3.61. The molecule has 1 aliphatic heterocycles. The summed E-state index contributed by atoms with van der Waals surface area (Å²) >= 11 is 0. The van der Waals surface area contributed by atoms with Crippen LogP contribution in [0.1, 0.15) is 47.2 Å². The van der Waals surface area contributed by atoms with E-state index in [1.54, 1.807) is 18.2 Å². The van der Waals surface area contributed by atoms with Gasteiger partial charge in [0.15, 0.2) is 0 Å². The van der Waals surface area contributed by atoms with Gasteiger partial charge >= 0.3 is 0 Å². The zero-order valence-corrected chi connectivity index (χ0v) is 18.9. The van der Waals surface area contributed by atoms with E-state index >= 15 is 0 Å². The van der Waals surface area contributed by atoms with Gasteiger partial charge in [-0.05, 0) is 49.1 Å². The number of carbonyl (C=O) groups excluding carboxylic acids is 1. The van der Waals surface area contributed by atoms with Crippen LogP contribution in [0.15, 0.2) is 53.4 Å². The maximum atomic E-state index is 13.0. The molecule has 7 heteroatoms. The van der Waals surface area contributed by atoms with E-state index < -0.39 is 10.0 Å². The number of hydrogen-bond donors (Lipinski definition) is 1. The fourth-order valence-electron chi connectivity index (χ4n) is 4.45. The Hall–Kier alpha value is -2.22. The summed E-state index contributed by atoms with van der Waals surface area (Å²) in [6.45, 7) is 5.90. The molecule has 1 saturated carbocycles. The lowest BCUT2D eigenvalue weighted by atomic mass is 10.1. The molecule has 6 nitrogen and oxygen atoms in total. The molecular weight excluding hydrogens is 410 g/mol. The SMILES string of the molecule is Cc1ccccc1CN1CCN(C(=O)c2cccc(S(=O)(=O)NC3CCCC3)c2)CC1. The van der Waals surface area contributed by atoms with Crippen LogP contribution in [0.3, 0.4) is 0 Å². The maximum Gasteiger partial charge on any atom is 0.253 e. The molecule has 1 aliphatic carbocycles. The summed E-state index contributed by atoms with van der Waals surface area (Å²) < 4.78 is 28.3. The molecular formula is C24H31N3O3S. The van der Waals surface area contributed by atoms with Crippen LogP contribution in [-0.4, -0.2) is 56.3 Å². The van der Waals surface area contributed by atoms with Crippen LogP contribution in [0.2, 0.25) is 0 Å². The summed E-state index contributed by atoms with van der Waals surface area (Å²) in [6.07, 6.45) is 3.87. The number of hydrogen-bond acceptors (Lipinski definition) is 4. The highest BCUT2D eigenvalue weighted by Gasteiger charge is 2.26. The molecule has 2 fully saturated rings. The second-order valence-electron chi connectivity index (χ2n) is 8.63. The Kier molecular flexibility index (Phi) is 6.74. The third-order valence-electron chi connectivity index (χ3n) is 6.38.